The zero-order valence-corrected chi connectivity index (χ0v) is 10.8. The Morgan fingerprint density at radius 2 is 2.19 bits per heavy atom. The minimum absolute atomic E-state index is 0.214. The fraction of sp³-hybridized carbons (Fsp3) is 0.636. The number of rotatable bonds is 6. The third kappa shape index (κ3) is 3.90. The summed E-state index contributed by atoms with van der Waals surface area (Å²) in [6, 6.07) is 3.38. The molecule has 4 nitrogen and oxygen atoms in total. The summed E-state index contributed by atoms with van der Waals surface area (Å²) < 4.78 is 0. The highest BCUT2D eigenvalue weighted by atomic mass is 32.1. The van der Waals surface area contributed by atoms with Gasteiger partial charge in [0, 0.05) is 24.0 Å². The zero-order valence-electron chi connectivity index (χ0n) is 9.95. The van der Waals surface area contributed by atoms with Crippen LogP contribution in [0.25, 0.3) is 0 Å². The molecule has 0 fully saturated rings. The SMILES string of the molecule is CCC(C)(C)CNCc1ccc([N+](=O)[O-])s1. The fourth-order valence-corrected chi connectivity index (χ4v) is 2.00. The van der Waals surface area contributed by atoms with Gasteiger partial charge in [0.2, 0.25) is 0 Å². The lowest BCUT2D eigenvalue weighted by Crippen LogP contribution is -2.28. The van der Waals surface area contributed by atoms with Gasteiger partial charge >= 0.3 is 5.00 Å². The lowest BCUT2D eigenvalue weighted by atomic mass is 9.90. The normalized spacial score (nSPS) is 11.7. The standard InChI is InChI=1S/C11H18N2O2S/c1-4-11(2,3)8-12-7-9-5-6-10(16-9)13(14)15/h5-6,12H,4,7-8H2,1-3H3. The second-order valence-electron chi connectivity index (χ2n) is 4.62. The van der Waals surface area contributed by atoms with Crippen molar-refractivity contribution < 1.29 is 4.92 Å². The lowest BCUT2D eigenvalue weighted by Gasteiger charge is -2.22. The molecule has 0 aliphatic rings. The van der Waals surface area contributed by atoms with E-state index in [0.717, 1.165) is 17.8 Å². The molecule has 0 bridgehead atoms. The van der Waals surface area contributed by atoms with E-state index in [4.69, 9.17) is 0 Å². The highest BCUT2D eigenvalue weighted by Gasteiger charge is 2.15. The van der Waals surface area contributed by atoms with E-state index in [0.29, 0.717) is 6.54 Å². The number of nitrogens with zero attached hydrogens (tertiary/aromatic N) is 1. The van der Waals surface area contributed by atoms with Crippen molar-refractivity contribution in [3.05, 3.63) is 27.1 Å². The molecular formula is C11H18N2O2S. The molecule has 0 aromatic carbocycles. The van der Waals surface area contributed by atoms with Gasteiger partial charge in [-0.05, 0) is 17.9 Å². The average molecular weight is 242 g/mol. The largest absolute Gasteiger partial charge is 0.324 e. The van der Waals surface area contributed by atoms with Gasteiger partial charge in [-0.15, -0.1) is 0 Å². The van der Waals surface area contributed by atoms with Crippen molar-refractivity contribution in [3.8, 4) is 0 Å². The van der Waals surface area contributed by atoms with E-state index in [1.165, 1.54) is 11.3 Å². The molecule has 90 valence electrons. The summed E-state index contributed by atoms with van der Waals surface area (Å²) >= 11 is 1.24. The second kappa shape index (κ2) is 5.41. The molecule has 5 heteroatoms. The van der Waals surface area contributed by atoms with E-state index in [9.17, 15) is 10.1 Å². The minimum atomic E-state index is -0.343. The first-order valence-electron chi connectivity index (χ1n) is 5.38. The van der Waals surface area contributed by atoms with E-state index in [1.807, 2.05) is 6.07 Å². The van der Waals surface area contributed by atoms with Gasteiger partial charge in [-0.3, -0.25) is 10.1 Å². The number of thiophene rings is 1. The fourth-order valence-electron chi connectivity index (χ4n) is 1.21. The Kier molecular flexibility index (Phi) is 4.44. The maximum atomic E-state index is 10.5. The van der Waals surface area contributed by atoms with Crippen LogP contribution in [-0.2, 0) is 6.54 Å². The summed E-state index contributed by atoms with van der Waals surface area (Å²) in [7, 11) is 0. The van der Waals surface area contributed by atoms with Crippen molar-refractivity contribution in [3.63, 3.8) is 0 Å². The van der Waals surface area contributed by atoms with E-state index in [2.05, 4.69) is 26.1 Å². The van der Waals surface area contributed by atoms with Crippen LogP contribution in [0.4, 0.5) is 5.00 Å². The Morgan fingerprint density at radius 1 is 1.50 bits per heavy atom. The molecule has 1 N–H and O–H groups in total. The molecule has 0 spiro atoms. The van der Waals surface area contributed by atoms with Crippen molar-refractivity contribution in [1.82, 2.24) is 5.32 Å². The zero-order chi connectivity index (χ0) is 12.2. The number of nitro groups is 1. The topological polar surface area (TPSA) is 55.2 Å². The first-order chi connectivity index (χ1) is 7.44. The molecule has 0 saturated carbocycles. The summed E-state index contributed by atoms with van der Waals surface area (Å²) in [5, 5.41) is 14.0. The van der Waals surface area contributed by atoms with Crippen molar-refractivity contribution in [2.75, 3.05) is 6.54 Å². The molecule has 1 rings (SSSR count). The summed E-state index contributed by atoms with van der Waals surface area (Å²) in [5.74, 6) is 0. The van der Waals surface area contributed by atoms with Crippen LogP contribution in [0.2, 0.25) is 0 Å². The molecule has 0 amide bonds. The smallest absolute Gasteiger partial charge is 0.311 e. The van der Waals surface area contributed by atoms with Crippen molar-refractivity contribution in [2.45, 2.75) is 33.7 Å². The van der Waals surface area contributed by atoms with Gasteiger partial charge in [0.25, 0.3) is 0 Å². The first kappa shape index (κ1) is 13.1. The molecule has 1 aromatic rings. The molecule has 16 heavy (non-hydrogen) atoms. The van der Waals surface area contributed by atoms with Gasteiger partial charge in [0.1, 0.15) is 0 Å². The van der Waals surface area contributed by atoms with Crippen molar-refractivity contribution in [1.29, 1.82) is 0 Å². The summed E-state index contributed by atoms with van der Waals surface area (Å²) in [5.41, 5.74) is 0.281. The number of nitrogens with one attached hydrogen (secondary N) is 1. The van der Waals surface area contributed by atoms with Crippen LogP contribution >= 0.6 is 11.3 Å². The third-order valence-corrected chi connectivity index (χ3v) is 3.72. The summed E-state index contributed by atoms with van der Waals surface area (Å²) in [6.07, 6.45) is 1.12. The number of hydrogen-bond acceptors (Lipinski definition) is 4. The van der Waals surface area contributed by atoms with Gasteiger partial charge in [0.05, 0.1) is 4.92 Å². The van der Waals surface area contributed by atoms with Crippen molar-refractivity contribution >= 4 is 16.3 Å². The molecular weight excluding hydrogens is 224 g/mol. The van der Waals surface area contributed by atoms with E-state index < -0.39 is 0 Å². The molecule has 0 radical (unpaired) electrons. The van der Waals surface area contributed by atoms with Crippen LogP contribution in [0.5, 0.6) is 0 Å². The van der Waals surface area contributed by atoms with Crippen LogP contribution in [0, 0.1) is 15.5 Å². The highest BCUT2D eigenvalue weighted by molar-refractivity contribution is 7.15. The average Bonchev–Trinajstić information content (AvgIpc) is 2.66. The molecule has 0 unspecified atom stereocenters. The summed E-state index contributed by atoms with van der Waals surface area (Å²) in [4.78, 5) is 11.2. The second-order valence-corrected chi connectivity index (χ2v) is 5.77. The highest BCUT2D eigenvalue weighted by Crippen LogP contribution is 2.24. The van der Waals surface area contributed by atoms with Crippen LogP contribution in [0.15, 0.2) is 12.1 Å². The maximum absolute atomic E-state index is 10.5. The Bertz CT molecular complexity index is 361. The van der Waals surface area contributed by atoms with Gasteiger partial charge in [0.15, 0.2) is 0 Å². The molecule has 0 saturated heterocycles. The maximum Gasteiger partial charge on any atom is 0.324 e. The lowest BCUT2D eigenvalue weighted by molar-refractivity contribution is -0.380. The number of hydrogen-bond donors (Lipinski definition) is 1. The minimum Gasteiger partial charge on any atom is -0.311 e. The third-order valence-electron chi connectivity index (χ3n) is 2.69. The predicted octanol–water partition coefficient (Wildman–Crippen LogP) is 3.18. The van der Waals surface area contributed by atoms with Crippen LogP contribution in [-0.4, -0.2) is 11.5 Å². The van der Waals surface area contributed by atoms with Crippen molar-refractivity contribution in [2.24, 2.45) is 5.41 Å². The molecule has 0 atom stereocenters. The molecule has 1 heterocycles. The van der Waals surface area contributed by atoms with E-state index in [1.54, 1.807) is 6.07 Å². The molecule has 1 aromatic heterocycles. The Balaban J connectivity index is 2.40. The molecule has 0 aliphatic carbocycles. The van der Waals surface area contributed by atoms with Gasteiger partial charge in [-0.25, -0.2) is 0 Å². The summed E-state index contributed by atoms with van der Waals surface area (Å²) in [6.45, 7) is 8.21. The first-order valence-corrected chi connectivity index (χ1v) is 6.20. The van der Waals surface area contributed by atoms with Gasteiger partial charge in [-0.2, -0.15) is 0 Å². The monoisotopic (exact) mass is 242 g/mol. The van der Waals surface area contributed by atoms with Gasteiger partial charge < -0.3 is 5.32 Å². The van der Waals surface area contributed by atoms with E-state index in [-0.39, 0.29) is 15.3 Å². The molecule has 0 aliphatic heterocycles. The Morgan fingerprint density at radius 3 is 2.69 bits per heavy atom. The predicted molar refractivity (Wildman–Crippen MR) is 66.8 cm³/mol. The Labute approximate surface area is 99.8 Å². The van der Waals surface area contributed by atoms with Gasteiger partial charge in [-0.1, -0.05) is 32.1 Å². The van der Waals surface area contributed by atoms with Crippen LogP contribution in [0.3, 0.4) is 0 Å². The van der Waals surface area contributed by atoms with Crippen LogP contribution in [0.1, 0.15) is 32.1 Å². The van der Waals surface area contributed by atoms with Crippen LogP contribution < -0.4 is 5.32 Å². The quantitative estimate of drug-likeness (QED) is 0.615. The van der Waals surface area contributed by atoms with E-state index >= 15 is 0 Å². The Hall–Kier alpha value is -0.940.